The van der Waals surface area contributed by atoms with Gasteiger partial charge in [0.1, 0.15) is 17.3 Å². The molecule has 6 rings (SSSR count). The predicted molar refractivity (Wildman–Crippen MR) is 145 cm³/mol. The maximum atomic E-state index is 14.7. The smallest absolute Gasteiger partial charge is 0.272 e. The summed E-state index contributed by atoms with van der Waals surface area (Å²) in [5.41, 5.74) is 4.18. The molecule has 1 fully saturated rings. The number of aromatic nitrogens is 3. The largest absolute Gasteiger partial charge is 0.495 e. The summed E-state index contributed by atoms with van der Waals surface area (Å²) in [4.78, 5) is 22.6. The van der Waals surface area contributed by atoms with Crippen molar-refractivity contribution in [2.45, 2.75) is 0 Å². The van der Waals surface area contributed by atoms with Gasteiger partial charge in [0.25, 0.3) is 5.91 Å². The van der Waals surface area contributed by atoms with E-state index in [1.54, 1.807) is 35.9 Å². The van der Waals surface area contributed by atoms with Gasteiger partial charge < -0.3 is 14.5 Å². The van der Waals surface area contributed by atoms with Crippen molar-refractivity contribution in [3.63, 3.8) is 0 Å². The molecule has 0 aliphatic carbocycles. The van der Waals surface area contributed by atoms with E-state index in [2.05, 4.69) is 9.88 Å². The summed E-state index contributed by atoms with van der Waals surface area (Å²) in [5, 5.41) is 4.73. The number of benzene rings is 3. The first-order valence-electron chi connectivity index (χ1n) is 12.5. The number of hydrogen-bond acceptors (Lipinski definition) is 5. The fourth-order valence-corrected chi connectivity index (χ4v) is 4.89. The molecule has 0 N–H and O–H groups in total. The van der Waals surface area contributed by atoms with Crippen LogP contribution in [0.3, 0.4) is 0 Å². The summed E-state index contributed by atoms with van der Waals surface area (Å²) in [6.07, 6.45) is 0. The van der Waals surface area contributed by atoms with Crippen molar-refractivity contribution in [1.82, 2.24) is 19.5 Å². The van der Waals surface area contributed by atoms with E-state index in [0.29, 0.717) is 54.5 Å². The monoisotopic (exact) mass is 507 g/mol. The number of methoxy groups -OCH3 is 1. The number of fused-ring (bicyclic) bond motifs is 1. The van der Waals surface area contributed by atoms with Gasteiger partial charge in [-0.2, -0.15) is 5.10 Å². The molecule has 5 aromatic rings. The van der Waals surface area contributed by atoms with E-state index in [1.165, 1.54) is 6.07 Å². The third-order valence-corrected chi connectivity index (χ3v) is 6.86. The number of halogens is 1. The molecule has 8 heteroatoms. The standard InChI is InChI=1S/C30H26FN5O2/c1-38-28-14-8-7-13-26(28)34-15-17-35(18-16-34)30(37)27-19-25(22-11-5-6-12-23(22)31)32-29-20-24(33-36(27)29)21-9-3-2-4-10-21/h2-14,19-20H,15-18H2,1H3. The molecule has 1 aliphatic heterocycles. The van der Waals surface area contributed by atoms with E-state index in [4.69, 9.17) is 9.84 Å². The molecule has 1 amide bonds. The second-order valence-corrected chi connectivity index (χ2v) is 9.12. The average Bonchev–Trinajstić information content (AvgIpc) is 3.41. The highest BCUT2D eigenvalue weighted by atomic mass is 19.1. The zero-order chi connectivity index (χ0) is 26.1. The molecule has 0 atom stereocenters. The summed E-state index contributed by atoms with van der Waals surface area (Å²) in [7, 11) is 1.66. The average molecular weight is 508 g/mol. The number of anilines is 1. The van der Waals surface area contributed by atoms with Crippen molar-refractivity contribution in [3.05, 3.63) is 103 Å². The number of rotatable bonds is 5. The van der Waals surface area contributed by atoms with Crippen LogP contribution in [0, 0.1) is 5.82 Å². The Kier molecular flexibility index (Phi) is 6.21. The molecule has 3 heterocycles. The third-order valence-electron chi connectivity index (χ3n) is 6.86. The lowest BCUT2D eigenvalue weighted by Gasteiger charge is -2.36. The lowest BCUT2D eigenvalue weighted by atomic mass is 10.1. The molecule has 38 heavy (non-hydrogen) atoms. The Bertz CT molecular complexity index is 1610. The first kappa shape index (κ1) is 23.7. The molecule has 0 unspecified atom stereocenters. The van der Waals surface area contributed by atoms with Crippen molar-refractivity contribution in [2.24, 2.45) is 0 Å². The molecule has 0 radical (unpaired) electrons. The number of amides is 1. The van der Waals surface area contributed by atoms with Gasteiger partial charge in [-0.25, -0.2) is 13.9 Å². The quantitative estimate of drug-likeness (QED) is 0.328. The Hall–Kier alpha value is -4.72. The number of nitrogens with zero attached hydrogens (tertiary/aromatic N) is 5. The normalized spacial score (nSPS) is 13.6. The van der Waals surface area contributed by atoms with E-state index >= 15 is 0 Å². The van der Waals surface area contributed by atoms with Crippen LogP contribution in [0.1, 0.15) is 10.5 Å². The van der Waals surface area contributed by atoms with Crippen LogP contribution in [0.25, 0.3) is 28.2 Å². The van der Waals surface area contributed by atoms with Crippen molar-refractivity contribution < 1.29 is 13.9 Å². The van der Waals surface area contributed by atoms with Gasteiger partial charge in [0.15, 0.2) is 5.65 Å². The Morgan fingerprint density at radius 2 is 1.55 bits per heavy atom. The van der Waals surface area contributed by atoms with Crippen LogP contribution >= 0.6 is 0 Å². The number of carbonyl (C=O) groups is 1. The van der Waals surface area contributed by atoms with Crippen LogP contribution < -0.4 is 9.64 Å². The highest BCUT2D eigenvalue weighted by molar-refractivity contribution is 5.94. The van der Waals surface area contributed by atoms with Crippen LogP contribution in [-0.2, 0) is 0 Å². The van der Waals surface area contributed by atoms with Crippen molar-refractivity contribution in [2.75, 3.05) is 38.2 Å². The molecule has 190 valence electrons. The van der Waals surface area contributed by atoms with Gasteiger partial charge in [-0.15, -0.1) is 0 Å². The molecular weight excluding hydrogens is 481 g/mol. The van der Waals surface area contributed by atoms with Crippen LogP contribution in [0.4, 0.5) is 10.1 Å². The first-order valence-corrected chi connectivity index (χ1v) is 12.5. The SMILES string of the molecule is COc1ccccc1N1CCN(C(=O)c2cc(-c3ccccc3F)nc3cc(-c4ccccc4)nn23)CC1. The molecule has 2 aromatic heterocycles. The van der Waals surface area contributed by atoms with Crippen LogP contribution in [0.5, 0.6) is 5.75 Å². The Morgan fingerprint density at radius 3 is 2.32 bits per heavy atom. The molecule has 3 aromatic carbocycles. The van der Waals surface area contributed by atoms with Gasteiger partial charge in [0.05, 0.1) is 24.2 Å². The van der Waals surface area contributed by atoms with Crippen molar-refractivity contribution in [3.8, 4) is 28.3 Å². The molecule has 1 saturated heterocycles. The molecule has 0 bridgehead atoms. The lowest BCUT2D eigenvalue weighted by molar-refractivity contribution is 0.0737. The summed E-state index contributed by atoms with van der Waals surface area (Å²) in [5.74, 6) is 0.246. The van der Waals surface area contributed by atoms with Crippen LogP contribution in [0.2, 0.25) is 0 Å². The Morgan fingerprint density at radius 1 is 0.842 bits per heavy atom. The Labute approximate surface area is 219 Å². The molecule has 7 nitrogen and oxygen atoms in total. The van der Waals surface area contributed by atoms with Crippen molar-refractivity contribution in [1.29, 1.82) is 0 Å². The van der Waals surface area contributed by atoms with E-state index in [1.807, 2.05) is 65.6 Å². The summed E-state index contributed by atoms with van der Waals surface area (Å²) in [6.45, 7) is 2.38. The number of hydrogen-bond donors (Lipinski definition) is 0. The van der Waals surface area contributed by atoms with E-state index < -0.39 is 5.82 Å². The van der Waals surface area contributed by atoms with Gasteiger partial charge in [-0.1, -0.05) is 54.6 Å². The van der Waals surface area contributed by atoms with E-state index in [-0.39, 0.29) is 5.91 Å². The zero-order valence-corrected chi connectivity index (χ0v) is 20.9. The van der Waals surface area contributed by atoms with Gasteiger partial charge >= 0.3 is 0 Å². The van der Waals surface area contributed by atoms with Crippen LogP contribution in [0.15, 0.2) is 91.0 Å². The van der Waals surface area contributed by atoms with Gasteiger partial charge in [0.2, 0.25) is 0 Å². The fourth-order valence-electron chi connectivity index (χ4n) is 4.89. The third kappa shape index (κ3) is 4.34. The summed E-state index contributed by atoms with van der Waals surface area (Å²) in [6, 6.07) is 27.5. The molecule has 0 spiro atoms. The molecule has 0 saturated carbocycles. The summed E-state index contributed by atoms with van der Waals surface area (Å²) >= 11 is 0. The number of piperazine rings is 1. The van der Waals surface area contributed by atoms with Crippen molar-refractivity contribution >= 4 is 17.2 Å². The van der Waals surface area contributed by atoms with Gasteiger partial charge in [0, 0.05) is 43.4 Å². The topological polar surface area (TPSA) is 63.0 Å². The zero-order valence-electron chi connectivity index (χ0n) is 20.9. The fraction of sp³-hybridized carbons (Fsp3) is 0.167. The molecular formula is C30H26FN5O2. The Balaban J connectivity index is 1.36. The second-order valence-electron chi connectivity index (χ2n) is 9.12. The first-order chi connectivity index (χ1) is 18.6. The maximum Gasteiger partial charge on any atom is 0.272 e. The maximum absolute atomic E-state index is 14.7. The second kappa shape index (κ2) is 9.97. The predicted octanol–water partition coefficient (Wildman–Crippen LogP) is 5.17. The minimum atomic E-state index is -0.393. The van der Waals surface area contributed by atoms with E-state index in [0.717, 1.165) is 17.0 Å². The summed E-state index contributed by atoms with van der Waals surface area (Å²) < 4.78 is 21.8. The number of para-hydroxylation sites is 2. The minimum Gasteiger partial charge on any atom is -0.495 e. The molecule has 1 aliphatic rings. The van der Waals surface area contributed by atoms with E-state index in [9.17, 15) is 9.18 Å². The highest BCUT2D eigenvalue weighted by Crippen LogP contribution is 2.29. The van der Waals surface area contributed by atoms with Crippen LogP contribution in [-0.4, -0.2) is 58.7 Å². The van der Waals surface area contributed by atoms with Gasteiger partial charge in [-0.05, 0) is 30.3 Å². The number of ether oxygens (including phenoxy) is 1. The van der Waals surface area contributed by atoms with Gasteiger partial charge in [-0.3, -0.25) is 4.79 Å². The minimum absolute atomic E-state index is 0.169. The number of carbonyl (C=O) groups excluding carboxylic acids is 1. The lowest BCUT2D eigenvalue weighted by Crippen LogP contribution is -2.49. The highest BCUT2D eigenvalue weighted by Gasteiger charge is 2.27.